The first-order chi connectivity index (χ1) is 10.2. The number of carbonyl (C=O) groups is 2. The fourth-order valence-corrected chi connectivity index (χ4v) is 2.04. The summed E-state index contributed by atoms with van der Waals surface area (Å²) in [4.78, 5) is 21.8. The zero-order valence-corrected chi connectivity index (χ0v) is 13.4. The number of unbranched alkanes of at least 4 members (excludes halogenated alkanes) is 7. The SMILES string of the molecule is CCCCCC(=O)/C=C\C=C\CCCCCCCC(=O)O. The highest BCUT2D eigenvalue weighted by Gasteiger charge is 1.96. The monoisotopic (exact) mass is 294 g/mol. The number of aliphatic carboxylic acids is 1. The van der Waals surface area contributed by atoms with Crippen molar-refractivity contribution in [1.82, 2.24) is 0 Å². The van der Waals surface area contributed by atoms with Crippen LogP contribution in [0.5, 0.6) is 0 Å². The van der Waals surface area contributed by atoms with E-state index in [1.165, 1.54) is 0 Å². The Morgan fingerprint density at radius 2 is 1.52 bits per heavy atom. The molecule has 0 amide bonds. The van der Waals surface area contributed by atoms with Gasteiger partial charge in [0.2, 0.25) is 0 Å². The maximum atomic E-state index is 11.4. The van der Waals surface area contributed by atoms with Gasteiger partial charge in [-0.2, -0.15) is 0 Å². The largest absolute Gasteiger partial charge is 0.481 e. The average molecular weight is 294 g/mol. The first-order valence-electron chi connectivity index (χ1n) is 8.24. The Morgan fingerprint density at radius 3 is 2.24 bits per heavy atom. The molecule has 0 aromatic rings. The molecule has 0 aromatic heterocycles. The van der Waals surface area contributed by atoms with Crippen LogP contribution in [0.4, 0.5) is 0 Å². The second-order valence-electron chi connectivity index (χ2n) is 5.41. The summed E-state index contributed by atoms with van der Waals surface area (Å²) in [5.74, 6) is -0.486. The highest BCUT2D eigenvalue weighted by molar-refractivity contribution is 5.89. The third-order valence-electron chi connectivity index (χ3n) is 3.32. The summed E-state index contributed by atoms with van der Waals surface area (Å²) in [6.07, 6.45) is 17.9. The lowest BCUT2D eigenvalue weighted by Crippen LogP contribution is -1.93. The number of allylic oxidation sites excluding steroid dienone is 4. The molecule has 0 aromatic carbocycles. The van der Waals surface area contributed by atoms with Crippen LogP contribution in [0.25, 0.3) is 0 Å². The van der Waals surface area contributed by atoms with Crippen LogP contribution in [0.2, 0.25) is 0 Å². The summed E-state index contributed by atoms with van der Waals surface area (Å²) in [5.41, 5.74) is 0. The first kappa shape index (κ1) is 19.6. The second kappa shape index (κ2) is 15.0. The van der Waals surface area contributed by atoms with Gasteiger partial charge in [0, 0.05) is 12.8 Å². The van der Waals surface area contributed by atoms with Crippen molar-refractivity contribution in [3.63, 3.8) is 0 Å². The number of carbonyl (C=O) groups excluding carboxylic acids is 1. The molecule has 0 rings (SSSR count). The minimum Gasteiger partial charge on any atom is -0.481 e. The fraction of sp³-hybridized carbons (Fsp3) is 0.667. The van der Waals surface area contributed by atoms with Crippen LogP contribution < -0.4 is 0 Å². The third-order valence-corrected chi connectivity index (χ3v) is 3.32. The van der Waals surface area contributed by atoms with E-state index in [1.807, 2.05) is 12.2 Å². The summed E-state index contributed by atoms with van der Waals surface area (Å²) >= 11 is 0. The third kappa shape index (κ3) is 16.6. The lowest BCUT2D eigenvalue weighted by atomic mass is 10.1. The van der Waals surface area contributed by atoms with Gasteiger partial charge in [0.1, 0.15) is 0 Å². The van der Waals surface area contributed by atoms with Gasteiger partial charge in [-0.25, -0.2) is 0 Å². The molecule has 0 saturated carbocycles. The standard InChI is InChI=1S/C18H30O3/c1-2-3-11-14-17(19)15-12-9-7-5-4-6-8-10-13-16-18(20)21/h7,9,12,15H,2-6,8,10-11,13-14,16H2,1H3,(H,20,21)/b9-7+,15-12-. The Balaban J connectivity index is 3.39. The minimum absolute atomic E-state index is 0.214. The normalized spacial score (nSPS) is 11.5. The van der Waals surface area contributed by atoms with Crippen LogP contribution in [-0.4, -0.2) is 16.9 Å². The molecule has 21 heavy (non-hydrogen) atoms. The molecule has 0 spiro atoms. The zero-order valence-electron chi connectivity index (χ0n) is 13.4. The highest BCUT2D eigenvalue weighted by Crippen LogP contribution is 2.07. The molecule has 0 radical (unpaired) electrons. The molecule has 0 atom stereocenters. The smallest absolute Gasteiger partial charge is 0.303 e. The van der Waals surface area contributed by atoms with Gasteiger partial charge < -0.3 is 5.11 Å². The molecular weight excluding hydrogens is 264 g/mol. The van der Waals surface area contributed by atoms with E-state index in [2.05, 4.69) is 13.0 Å². The zero-order chi connectivity index (χ0) is 15.8. The molecule has 0 aliphatic rings. The van der Waals surface area contributed by atoms with Crippen LogP contribution in [0.3, 0.4) is 0 Å². The van der Waals surface area contributed by atoms with E-state index in [1.54, 1.807) is 6.08 Å². The van der Waals surface area contributed by atoms with E-state index in [0.717, 1.165) is 57.8 Å². The van der Waals surface area contributed by atoms with E-state index in [4.69, 9.17) is 5.11 Å². The van der Waals surface area contributed by atoms with Crippen LogP contribution in [0, 0.1) is 0 Å². The molecule has 0 aliphatic heterocycles. The van der Waals surface area contributed by atoms with E-state index in [-0.39, 0.29) is 12.2 Å². The van der Waals surface area contributed by atoms with Crippen molar-refractivity contribution in [3.8, 4) is 0 Å². The minimum atomic E-state index is -0.700. The number of carboxylic acid groups (broad SMARTS) is 1. The van der Waals surface area contributed by atoms with Gasteiger partial charge in [-0.05, 0) is 31.8 Å². The van der Waals surface area contributed by atoms with Crippen molar-refractivity contribution >= 4 is 11.8 Å². The topological polar surface area (TPSA) is 54.4 Å². The molecular formula is C18H30O3. The Kier molecular flexibility index (Phi) is 14.0. The number of hydrogen-bond donors (Lipinski definition) is 1. The predicted molar refractivity (Wildman–Crippen MR) is 87.4 cm³/mol. The number of rotatable bonds is 14. The van der Waals surface area contributed by atoms with Gasteiger partial charge in [-0.15, -0.1) is 0 Å². The van der Waals surface area contributed by atoms with E-state index in [9.17, 15) is 9.59 Å². The molecule has 0 unspecified atom stereocenters. The molecule has 120 valence electrons. The van der Waals surface area contributed by atoms with Gasteiger partial charge in [0.25, 0.3) is 0 Å². The van der Waals surface area contributed by atoms with E-state index >= 15 is 0 Å². The summed E-state index contributed by atoms with van der Waals surface area (Å²) in [6.45, 7) is 2.13. The Morgan fingerprint density at radius 1 is 0.857 bits per heavy atom. The van der Waals surface area contributed by atoms with Crippen LogP contribution in [0.15, 0.2) is 24.3 Å². The van der Waals surface area contributed by atoms with Crippen molar-refractivity contribution in [2.24, 2.45) is 0 Å². The fourth-order valence-electron chi connectivity index (χ4n) is 2.04. The Hall–Kier alpha value is -1.38. The van der Waals surface area contributed by atoms with Crippen molar-refractivity contribution in [3.05, 3.63) is 24.3 Å². The molecule has 3 nitrogen and oxygen atoms in total. The molecule has 0 heterocycles. The first-order valence-corrected chi connectivity index (χ1v) is 8.24. The molecule has 1 N–H and O–H groups in total. The number of hydrogen-bond acceptors (Lipinski definition) is 2. The predicted octanol–water partition coefficient (Wildman–Crippen LogP) is 5.06. The van der Waals surface area contributed by atoms with E-state index in [0.29, 0.717) is 6.42 Å². The van der Waals surface area contributed by atoms with Gasteiger partial charge in [0.05, 0.1) is 0 Å². The van der Waals surface area contributed by atoms with Gasteiger partial charge in [0.15, 0.2) is 5.78 Å². The van der Waals surface area contributed by atoms with Gasteiger partial charge in [-0.1, -0.05) is 57.3 Å². The molecule has 0 bridgehead atoms. The maximum absolute atomic E-state index is 11.4. The number of carboxylic acids is 1. The molecule has 0 fully saturated rings. The average Bonchev–Trinajstić information content (AvgIpc) is 2.44. The summed E-state index contributed by atoms with van der Waals surface area (Å²) in [5, 5.41) is 8.50. The summed E-state index contributed by atoms with van der Waals surface area (Å²) < 4.78 is 0. The second-order valence-corrected chi connectivity index (χ2v) is 5.41. The van der Waals surface area contributed by atoms with Crippen LogP contribution in [0.1, 0.15) is 77.6 Å². The van der Waals surface area contributed by atoms with Crippen molar-refractivity contribution in [1.29, 1.82) is 0 Å². The van der Waals surface area contributed by atoms with Gasteiger partial charge >= 0.3 is 5.97 Å². The quantitative estimate of drug-likeness (QED) is 0.277. The highest BCUT2D eigenvalue weighted by atomic mass is 16.4. The molecule has 3 heteroatoms. The van der Waals surface area contributed by atoms with Crippen LogP contribution >= 0.6 is 0 Å². The lowest BCUT2D eigenvalue weighted by molar-refractivity contribution is -0.137. The summed E-state index contributed by atoms with van der Waals surface area (Å²) in [6, 6.07) is 0. The van der Waals surface area contributed by atoms with E-state index < -0.39 is 5.97 Å². The van der Waals surface area contributed by atoms with Gasteiger partial charge in [-0.3, -0.25) is 9.59 Å². The maximum Gasteiger partial charge on any atom is 0.303 e. The number of ketones is 1. The molecule has 0 aliphatic carbocycles. The summed E-state index contributed by atoms with van der Waals surface area (Å²) in [7, 11) is 0. The Labute approximate surface area is 129 Å². The lowest BCUT2D eigenvalue weighted by Gasteiger charge is -1.97. The Bertz CT molecular complexity index is 329. The van der Waals surface area contributed by atoms with Crippen molar-refractivity contribution < 1.29 is 14.7 Å². The van der Waals surface area contributed by atoms with Crippen molar-refractivity contribution in [2.45, 2.75) is 77.6 Å². The van der Waals surface area contributed by atoms with Crippen LogP contribution in [-0.2, 0) is 9.59 Å². The van der Waals surface area contributed by atoms with Crippen molar-refractivity contribution in [2.75, 3.05) is 0 Å². The molecule has 0 saturated heterocycles.